The smallest absolute Gasteiger partial charge is 0.229 e. The topological polar surface area (TPSA) is 140 Å². The van der Waals surface area contributed by atoms with Crippen LogP contribution in [0.2, 0.25) is 0 Å². The Hall–Kier alpha value is -0.530. The van der Waals surface area contributed by atoms with Crippen molar-refractivity contribution in [2.45, 2.75) is 10.6 Å². The van der Waals surface area contributed by atoms with Crippen LogP contribution in [-0.4, -0.2) is 49.6 Å². The van der Waals surface area contributed by atoms with E-state index in [1.165, 1.54) is 6.07 Å². The second-order valence-electron chi connectivity index (χ2n) is 4.36. The number of hydrogen-bond acceptors (Lipinski definition) is 7. The van der Waals surface area contributed by atoms with E-state index in [0.717, 1.165) is 17.6 Å². The average Bonchev–Trinajstić information content (AvgIpc) is 2.74. The number of sulfonamides is 2. The van der Waals surface area contributed by atoms with E-state index in [4.69, 9.17) is 5.14 Å². The van der Waals surface area contributed by atoms with Crippen LogP contribution in [0.1, 0.15) is 4.88 Å². The highest BCUT2D eigenvalue weighted by atomic mass is 32.2. The molecule has 21 heavy (non-hydrogen) atoms. The minimum Gasteiger partial charge on any atom is -0.229 e. The molecule has 0 unspecified atom stereocenters. The zero-order chi connectivity index (χ0) is 16.3. The Bertz CT molecular complexity index is 791. The molecule has 1 aromatic heterocycles. The number of primary sulfonamides is 1. The molecule has 0 saturated carbocycles. The number of thiophene rings is 1. The first-order chi connectivity index (χ1) is 9.39. The van der Waals surface area contributed by atoms with E-state index >= 15 is 0 Å². The van der Waals surface area contributed by atoms with Gasteiger partial charge in [0.15, 0.2) is 0 Å². The van der Waals surface area contributed by atoms with Gasteiger partial charge in [0.25, 0.3) is 0 Å². The van der Waals surface area contributed by atoms with Crippen LogP contribution in [0.4, 0.5) is 0 Å². The third-order valence-electron chi connectivity index (χ3n) is 2.33. The summed E-state index contributed by atoms with van der Waals surface area (Å²) in [5.74, 6) is -0.949. The molecule has 12 heteroatoms. The van der Waals surface area contributed by atoms with Crippen molar-refractivity contribution in [2.24, 2.45) is 5.14 Å². The van der Waals surface area contributed by atoms with Crippen molar-refractivity contribution in [1.82, 2.24) is 4.72 Å². The van der Waals surface area contributed by atoms with Gasteiger partial charge in [-0.25, -0.2) is 35.1 Å². The van der Waals surface area contributed by atoms with Gasteiger partial charge in [-0.1, -0.05) is 0 Å². The standard InChI is InChI=1S/C9H16N2O6S4/c1-19(12,13)6-7-20(14,15)11-5-4-8-2-3-9(18-8)21(10,16)17/h2-3,11H,4-7H2,1H3,(H2,10,16,17). The van der Waals surface area contributed by atoms with E-state index in [1.807, 2.05) is 0 Å². The van der Waals surface area contributed by atoms with Crippen LogP contribution in [0.25, 0.3) is 0 Å². The summed E-state index contributed by atoms with van der Waals surface area (Å²) in [5, 5.41) is 4.96. The van der Waals surface area contributed by atoms with Crippen LogP contribution in [0.15, 0.2) is 16.3 Å². The van der Waals surface area contributed by atoms with Crippen LogP contribution >= 0.6 is 11.3 Å². The van der Waals surface area contributed by atoms with Gasteiger partial charge in [0, 0.05) is 17.7 Å². The highest BCUT2D eigenvalue weighted by molar-refractivity contribution is 7.93. The largest absolute Gasteiger partial charge is 0.247 e. The summed E-state index contributed by atoms with van der Waals surface area (Å²) in [6.07, 6.45) is 1.25. The lowest BCUT2D eigenvalue weighted by Crippen LogP contribution is -2.31. The second kappa shape index (κ2) is 6.71. The molecule has 0 spiro atoms. The van der Waals surface area contributed by atoms with E-state index in [2.05, 4.69) is 4.72 Å². The first kappa shape index (κ1) is 18.5. The first-order valence-corrected chi connectivity index (χ1v) is 11.7. The Balaban J connectivity index is 2.52. The van der Waals surface area contributed by atoms with Crippen LogP contribution in [0, 0.1) is 0 Å². The van der Waals surface area contributed by atoms with E-state index in [1.54, 1.807) is 6.07 Å². The molecule has 122 valence electrons. The quantitative estimate of drug-likeness (QED) is 0.590. The van der Waals surface area contributed by atoms with Crippen LogP contribution in [-0.2, 0) is 36.3 Å². The molecule has 0 fully saturated rings. The molecule has 0 atom stereocenters. The molecule has 0 aliphatic rings. The normalized spacial score (nSPS) is 13.4. The molecule has 0 aromatic carbocycles. The maximum atomic E-state index is 11.5. The third kappa shape index (κ3) is 7.33. The Morgan fingerprint density at radius 2 is 1.71 bits per heavy atom. The minimum atomic E-state index is -3.75. The fourth-order valence-electron chi connectivity index (χ4n) is 1.31. The Morgan fingerprint density at radius 1 is 1.10 bits per heavy atom. The van der Waals surface area contributed by atoms with Crippen molar-refractivity contribution in [2.75, 3.05) is 24.3 Å². The first-order valence-electron chi connectivity index (χ1n) is 5.66. The Labute approximate surface area is 128 Å². The molecule has 1 aromatic rings. The summed E-state index contributed by atoms with van der Waals surface area (Å²) in [5.41, 5.74) is 0. The van der Waals surface area contributed by atoms with Gasteiger partial charge in [-0.2, -0.15) is 0 Å². The second-order valence-corrected chi connectivity index (χ2v) is 11.5. The van der Waals surface area contributed by atoms with Gasteiger partial charge in [-0.3, -0.25) is 0 Å². The number of nitrogens with one attached hydrogen (secondary N) is 1. The zero-order valence-electron chi connectivity index (χ0n) is 11.1. The maximum absolute atomic E-state index is 11.5. The van der Waals surface area contributed by atoms with Gasteiger partial charge >= 0.3 is 0 Å². The van der Waals surface area contributed by atoms with Crippen molar-refractivity contribution in [3.8, 4) is 0 Å². The van der Waals surface area contributed by atoms with Gasteiger partial charge in [-0.05, 0) is 18.6 Å². The van der Waals surface area contributed by atoms with E-state index < -0.39 is 41.4 Å². The van der Waals surface area contributed by atoms with Crippen LogP contribution < -0.4 is 9.86 Å². The van der Waals surface area contributed by atoms with Crippen molar-refractivity contribution in [3.05, 3.63) is 17.0 Å². The minimum absolute atomic E-state index is 0.0115. The molecule has 0 aliphatic carbocycles. The molecular weight excluding hydrogens is 360 g/mol. The number of nitrogens with two attached hydrogens (primary N) is 1. The molecule has 0 amide bonds. The van der Waals surface area contributed by atoms with Gasteiger partial charge in [0.05, 0.1) is 11.5 Å². The highest BCUT2D eigenvalue weighted by Crippen LogP contribution is 2.20. The van der Waals surface area contributed by atoms with E-state index in [0.29, 0.717) is 4.88 Å². The van der Waals surface area contributed by atoms with Crippen LogP contribution in [0.3, 0.4) is 0 Å². The van der Waals surface area contributed by atoms with Gasteiger partial charge in [0.1, 0.15) is 14.0 Å². The fraction of sp³-hybridized carbons (Fsp3) is 0.556. The van der Waals surface area contributed by atoms with Gasteiger partial charge in [-0.15, -0.1) is 11.3 Å². The Kier molecular flexibility index (Phi) is 5.91. The highest BCUT2D eigenvalue weighted by Gasteiger charge is 2.15. The van der Waals surface area contributed by atoms with Crippen LogP contribution in [0.5, 0.6) is 0 Å². The molecule has 1 rings (SSSR count). The SMILES string of the molecule is CS(=O)(=O)CCS(=O)(=O)NCCc1ccc(S(N)(=O)=O)s1. The predicted molar refractivity (Wildman–Crippen MR) is 80.9 cm³/mol. The maximum Gasteiger partial charge on any atom is 0.247 e. The van der Waals surface area contributed by atoms with Crippen molar-refractivity contribution in [1.29, 1.82) is 0 Å². The molecule has 0 aliphatic heterocycles. The molecule has 3 N–H and O–H groups in total. The summed E-state index contributed by atoms with van der Waals surface area (Å²) in [6, 6.07) is 2.91. The average molecular weight is 377 g/mol. The lowest BCUT2D eigenvalue weighted by Gasteiger charge is -2.05. The number of sulfone groups is 1. The van der Waals surface area contributed by atoms with Crippen molar-refractivity contribution in [3.63, 3.8) is 0 Å². The third-order valence-corrected chi connectivity index (χ3v) is 7.51. The summed E-state index contributed by atoms with van der Waals surface area (Å²) in [6.45, 7) is 0.0522. The fourth-order valence-corrected chi connectivity index (χ4v) is 5.73. The molecule has 8 nitrogen and oxygen atoms in total. The van der Waals surface area contributed by atoms with E-state index in [9.17, 15) is 25.3 Å². The summed E-state index contributed by atoms with van der Waals surface area (Å²) in [7, 11) is -10.8. The summed E-state index contributed by atoms with van der Waals surface area (Å²) < 4.78 is 69.3. The van der Waals surface area contributed by atoms with E-state index in [-0.39, 0.29) is 17.2 Å². The Morgan fingerprint density at radius 3 is 2.19 bits per heavy atom. The molecule has 0 saturated heterocycles. The molecule has 0 radical (unpaired) electrons. The van der Waals surface area contributed by atoms with Crippen molar-refractivity contribution < 1.29 is 25.3 Å². The summed E-state index contributed by atoms with van der Waals surface area (Å²) in [4.78, 5) is 0.657. The summed E-state index contributed by atoms with van der Waals surface area (Å²) >= 11 is 0.964. The lowest BCUT2D eigenvalue weighted by molar-refractivity contribution is 0.579. The molecule has 1 heterocycles. The zero-order valence-corrected chi connectivity index (χ0v) is 14.4. The molecular formula is C9H16N2O6S4. The molecule has 0 bridgehead atoms. The lowest BCUT2D eigenvalue weighted by atomic mass is 10.3. The predicted octanol–water partition coefficient (Wildman–Crippen LogP) is -1.10. The monoisotopic (exact) mass is 376 g/mol. The van der Waals surface area contributed by atoms with Gasteiger partial charge in [0.2, 0.25) is 20.0 Å². The van der Waals surface area contributed by atoms with Gasteiger partial charge < -0.3 is 0 Å². The van der Waals surface area contributed by atoms with Crippen molar-refractivity contribution >= 4 is 41.2 Å². The number of rotatable bonds is 8. The number of hydrogen-bond donors (Lipinski definition) is 2.